The van der Waals surface area contributed by atoms with Gasteiger partial charge in [0.05, 0.1) is 0 Å². The zero-order valence-corrected chi connectivity index (χ0v) is 9.89. The SMILES string of the molecule is CCN(CC)C(Cl)(Cl)c1cccnc1. The standard InChI is InChI=1S/C10H14Cl2N2/c1-3-14(4-2)10(11,12)9-6-5-7-13-8-9/h5-8H,3-4H2,1-2H3. The minimum absolute atomic E-state index is 0.804. The van der Waals surface area contributed by atoms with Gasteiger partial charge in [0.15, 0.2) is 4.46 Å². The van der Waals surface area contributed by atoms with Gasteiger partial charge < -0.3 is 0 Å². The van der Waals surface area contributed by atoms with E-state index in [0.717, 1.165) is 18.7 Å². The Labute approximate surface area is 94.8 Å². The molecule has 0 radical (unpaired) electrons. The third-order valence-electron chi connectivity index (χ3n) is 2.17. The molecule has 0 N–H and O–H groups in total. The third-order valence-corrected chi connectivity index (χ3v) is 3.08. The molecular weight excluding hydrogens is 219 g/mol. The average molecular weight is 233 g/mol. The zero-order chi connectivity index (χ0) is 10.6. The van der Waals surface area contributed by atoms with Crippen molar-refractivity contribution in [3.05, 3.63) is 30.1 Å². The van der Waals surface area contributed by atoms with Gasteiger partial charge in [-0.2, -0.15) is 0 Å². The second-order valence-corrected chi connectivity index (χ2v) is 4.24. The van der Waals surface area contributed by atoms with Crippen LogP contribution in [0.1, 0.15) is 19.4 Å². The summed E-state index contributed by atoms with van der Waals surface area (Å²) in [5, 5.41) is 0. The normalized spacial score (nSPS) is 12.1. The highest BCUT2D eigenvalue weighted by Gasteiger charge is 2.32. The van der Waals surface area contributed by atoms with Crippen LogP contribution in [0.2, 0.25) is 0 Å². The molecule has 0 amide bonds. The van der Waals surface area contributed by atoms with E-state index in [1.165, 1.54) is 0 Å². The number of hydrogen-bond acceptors (Lipinski definition) is 2. The van der Waals surface area contributed by atoms with Crippen molar-refractivity contribution in [3.8, 4) is 0 Å². The second-order valence-electron chi connectivity index (χ2n) is 2.96. The van der Waals surface area contributed by atoms with Crippen LogP contribution in [0.15, 0.2) is 24.5 Å². The van der Waals surface area contributed by atoms with Crippen LogP contribution in [0.5, 0.6) is 0 Å². The van der Waals surface area contributed by atoms with Crippen molar-refractivity contribution in [2.24, 2.45) is 0 Å². The van der Waals surface area contributed by atoms with Crippen LogP contribution in [0.3, 0.4) is 0 Å². The van der Waals surface area contributed by atoms with Crippen LogP contribution in [0.25, 0.3) is 0 Å². The van der Waals surface area contributed by atoms with Gasteiger partial charge in [0, 0.05) is 18.0 Å². The zero-order valence-electron chi connectivity index (χ0n) is 8.37. The minimum atomic E-state index is -0.974. The highest BCUT2D eigenvalue weighted by Crippen LogP contribution is 2.36. The molecule has 0 bridgehead atoms. The van der Waals surface area contributed by atoms with Gasteiger partial charge >= 0.3 is 0 Å². The van der Waals surface area contributed by atoms with E-state index in [4.69, 9.17) is 23.2 Å². The van der Waals surface area contributed by atoms with E-state index in [0.29, 0.717) is 0 Å². The summed E-state index contributed by atoms with van der Waals surface area (Å²) in [7, 11) is 0. The van der Waals surface area contributed by atoms with Crippen molar-refractivity contribution in [2.75, 3.05) is 13.1 Å². The summed E-state index contributed by atoms with van der Waals surface area (Å²) < 4.78 is -0.974. The lowest BCUT2D eigenvalue weighted by Gasteiger charge is -2.32. The van der Waals surface area contributed by atoms with Crippen LogP contribution < -0.4 is 0 Å². The number of halogens is 2. The third kappa shape index (κ3) is 2.38. The maximum absolute atomic E-state index is 6.28. The molecule has 0 fully saturated rings. The molecule has 1 rings (SSSR count). The van der Waals surface area contributed by atoms with Gasteiger partial charge in [-0.1, -0.05) is 43.1 Å². The predicted molar refractivity (Wildman–Crippen MR) is 60.5 cm³/mol. The van der Waals surface area contributed by atoms with Gasteiger partial charge in [0.25, 0.3) is 0 Å². The Morgan fingerprint density at radius 3 is 2.43 bits per heavy atom. The molecule has 1 heterocycles. The molecule has 2 nitrogen and oxygen atoms in total. The summed E-state index contributed by atoms with van der Waals surface area (Å²) >= 11 is 12.6. The molecule has 0 atom stereocenters. The van der Waals surface area contributed by atoms with Crippen LogP contribution in [0, 0.1) is 0 Å². The van der Waals surface area contributed by atoms with Gasteiger partial charge in [-0.05, 0) is 19.2 Å². The Kier molecular flexibility index (Phi) is 4.17. The van der Waals surface area contributed by atoms with Crippen molar-refractivity contribution in [1.82, 2.24) is 9.88 Å². The quantitative estimate of drug-likeness (QED) is 0.587. The van der Waals surface area contributed by atoms with Crippen molar-refractivity contribution >= 4 is 23.2 Å². The molecule has 0 saturated heterocycles. The first-order chi connectivity index (χ1) is 6.62. The number of aromatic nitrogens is 1. The summed E-state index contributed by atoms with van der Waals surface area (Å²) in [6.45, 7) is 5.66. The molecule has 0 saturated carbocycles. The molecule has 1 aromatic heterocycles. The van der Waals surface area contributed by atoms with Gasteiger partial charge in [-0.15, -0.1) is 0 Å². The smallest absolute Gasteiger partial charge is 0.198 e. The summed E-state index contributed by atoms with van der Waals surface area (Å²) in [5.41, 5.74) is 0.812. The number of hydrogen-bond donors (Lipinski definition) is 0. The van der Waals surface area contributed by atoms with Gasteiger partial charge in [-0.25, -0.2) is 0 Å². The fourth-order valence-electron chi connectivity index (χ4n) is 1.34. The monoisotopic (exact) mass is 232 g/mol. The molecule has 78 valence electrons. The lowest BCUT2D eigenvalue weighted by molar-refractivity contribution is 0.249. The van der Waals surface area contributed by atoms with Crippen LogP contribution in [0.4, 0.5) is 0 Å². The number of pyridine rings is 1. The molecular formula is C10H14Cl2N2. The first-order valence-corrected chi connectivity index (χ1v) is 5.41. The first kappa shape index (κ1) is 11.8. The Hall–Kier alpha value is -0.310. The summed E-state index contributed by atoms with van der Waals surface area (Å²) in [4.78, 5) is 5.97. The van der Waals surface area contributed by atoms with Crippen LogP contribution >= 0.6 is 23.2 Å². The van der Waals surface area contributed by atoms with E-state index in [-0.39, 0.29) is 0 Å². The van der Waals surface area contributed by atoms with E-state index in [2.05, 4.69) is 4.98 Å². The molecule has 0 aliphatic carbocycles. The van der Waals surface area contributed by atoms with Crippen molar-refractivity contribution in [1.29, 1.82) is 0 Å². The molecule has 4 heteroatoms. The Bertz CT molecular complexity index is 271. The van der Waals surface area contributed by atoms with Crippen molar-refractivity contribution in [2.45, 2.75) is 18.3 Å². The number of rotatable bonds is 4. The van der Waals surface area contributed by atoms with Crippen LogP contribution in [-0.4, -0.2) is 23.0 Å². The number of nitrogens with zero attached hydrogens (tertiary/aromatic N) is 2. The molecule has 14 heavy (non-hydrogen) atoms. The summed E-state index contributed by atoms with van der Waals surface area (Å²) in [5.74, 6) is 0. The summed E-state index contributed by atoms with van der Waals surface area (Å²) in [6, 6.07) is 3.71. The number of alkyl halides is 2. The fourth-order valence-corrected chi connectivity index (χ4v) is 2.05. The largest absolute Gasteiger partial charge is 0.269 e. The lowest BCUT2D eigenvalue weighted by atomic mass is 10.2. The molecule has 0 aromatic carbocycles. The van der Waals surface area contributed by atoms with E-state index in [9.17, 15) is 0 Å². The first-order valence-electron chi connectivity index (χ1n) is 4.66. The minimum Gasteiger partial charge on any atom is -0.269 e. The Morgan fingerprint density at radius 2 is 2.00 bits per heavy atom. The van der Waals surface area contributed by atoms with Gasteiger partial charge in [0.1, 0.15) is 0 Å². The van der Waals surface area contributed by atoms with Gasteiger partial charge in [0.2, 0.25) is 0 Å². The fraction of sp³-hybridized carbons (Fsp3) is 0.500. The molecule has 1 aromatic rings. The second kappa shape index (κ2) is 4.96. The molecule has 0 unspecified atom stereocenters. The van der Waals surface area contributed by atoms with E-state index >= 15 is 0 Å². The summed E-state index contributed by atoms with van der Waals surface area (Å²) in [6.07, 6.45) is 3.40. The van der Waals surface area contributed by atoms with E-state index in [1.807, 2.05) is 30.9 Å². The Balaban J connectivity index is 2.94. The van der Waals surface area contributed by atoms with Crippen molar-refractivity contribution < 1.29 is 0 Å². The maximum Gasteiger partial charge on any atom is 0.198 e. The average Bonchev–Trinajstić information content (AvgIpc) is 2.20. The lowest BCUT2D eigenvalue weighted by Crippen LogP contribution is -2.37. The van der Waals surface area contributed by atoms with Gasteiger partial charge in [-0.3, -0.25) is 9.88 Å². The highest BCUT2D eigenvalue weighted by atomic mass is 35.5. The predicted octanol–water partition coefficient (Wildman–Crippen LogP) is 3.01. The maximum atomic E-state index is 6.28. The molecule has 0 aliphatic rings. The molecule has 0 aliphatic heterocycles. The van der Waals surface area contributed by atoms with E-state index < -0.39 is 4.46 Å². The molecule has 0 spiro atoms. The van der Waals surface area contributed by atoms with E-state index in [1.54, 1.807) is 12.4 Å². The van der Waals surface area contributed by atoms with Crippen LogP contribution in [-0.2, 0) is 4.46 Å². The topological polar surface area (TPSA) is 16.1 Å². The Morgan fingerprint density at radius 1 is 1.36 bits per heavy atom. The van der Waals surface area contributed by atoms with Crippen molar-refractivity contribution in [3.63, 3.8) is 0 Å². The highest BCUT2D eigenvalue weighted by molar-refractivity contribution is 6.47.